The molecule has 0 spiro atoms. The molecule has 20 heavy (non-hydrogen) atoms. The number of rotatable bonds is 0. The number of fused-ring (bicyclic) bond motifs is 3. The van der Waals surface area contributed by atoms with Gasteiger partial charge in [0.1, 0.15) is 5.65 Å². The van der Waals surface area contributed by atoms with E-state index in [0.717, 1.165) is 23.5 Å². The lowest BCUT2D eigenvalue weighted by Crippen LogP contribution is -1.99. The monoisotopic (exact) mass is 290 g/mol. The van der Waals surface area contributed by atoms with Crippen molar-refractivity contribution < 1.29 is 0 Å². The molecule has 2 nitrogen and oxygen atoms in total. The fourth-order valence-electron chi connectivity index (χ4n) is 3.23. The van der Waals surface area contributed by atoms with Crippen LogP contribution in [0.1, 0.15) is 62.8 Å². The van der Waals surface area contributed by atoms with E-state index < -0.39 is 0 Å². The fourth-order valence-corrected chi connectivity index (χ4v) is 3.39. The van der Waals surface area contributed by atoms with Crippen molar-refractivity contribution in [3.63, 3.8) is 0 Å². The van der Waals surface area contributed by atoms with Gasteiger partial charge in [-0.25, -0.2) is 4.98 Å². The highest BCUT2D eigenvalue weighted by molar-refractivity contribution is 6.30. The minimum Gasteiger partial charge on any atom is -0.302 e. The number of imidazole rings is 1. The predicted molar refractivity (Wildman–Crippen MR) is 84.5 cm³/mol. The van der Waals surface area contributed by atoms with Gasteiger partial charge in [0.15, 0.2) is 0 Å². The summed E-state index contributed by atoms with van der Waals surface area (Å²) in [6, 6.07) is 3.97. The summed E-state index contributed by atoms with van der Waals surface area (Å²) in [6.45, 7) is 0. The highest BCUT2D eigenvalue weighted by Crippen LogP contribution is 2.22. The van der Waals surface area contributed by atoms with Gasteiger partial charge in [0, 0.05) is 11.9 Å². The van der Waals surface area contributed by atoms with Crippen molar-refractivity contribution in [2.24, 2.45) is 0 Å². The van der Waals surface area contributed by atoms with Gasteiger partial charge in [0.2, 0.25) is 0 Å². The SMILES string of the molecule is Clc1ccc2nc3c(n2c1)CCCCCCCCCC3. The first kappa shape index (κ1) is 13.9. The van der Waals surface area contributed by atoms with Crippen molar-refractivity contribution >= 4 is 17.2 Å². The Kier molecular flexibility index (Phi) is 4.62. The van der Waals surface area contributed by atoms with Gasteiger partial charge >= 0.3 is 0 Å². The van der Waals surface area contributed by atoms with E-state index in [2.05, 4.69) is 4.40 Å². The summed E-state index contributed by atoms with van der Waals surface area (Å²) in [6.07, 6.45) is 15.1. The standard InChI is InChI=1S/C17H23ClN2/c18-14-11-12-17-19-15-9-7-5-3-1-2-4-6-8-10-16(15)20(17)13-14/h11-13H,1-10H2. The van der Waals surface area contributed by atoms with Gasteiger partial charge in [0.05, 0.1) is 10.7 Å². The van der Waals surface area contributed by atoms with Gasteiger partial charge in [-0.1, -0.05) is 50.1 Å². The smallest absolute Gasteiger partial charge is 0.137 e. The maximum Gasteiger partial charge on any atom is 0.137 e. The molecule has 108 valence electrons. The molecule has 1 aliphatic carbocycles. The first-order chi connectivity index (χ1) is 9.84. The lowest BCUT2D eigenvalue weighted by atomic mass is 10.0. The molecule has 0 saturated heterocycles. The second-order valence-corrected chi connectivity index (χ2v) is 6.35. The third-order valence-corrected chi connectivity index (χ3v) is 4.57. The molecule has 0 radical (unpaired) electrons. The Morgan fingerprint density at radius 1 is 0.850 bits per heavy atom. The second kappa shape index (κ2) is 6.62. The average molecular weight is 291 g/mol. The van der Waals surface area contributed by atoms with E-state index in [1.54, 1.807) is 0 Å². The zero-order valence-corrected chi connectivity index (χ0v) is 12.8. The summed E-state index contributed by atoms with van der Waals surface area (Å²) in [4.78, 5) is 4.83. The van der Waals surface area contributed by atoms with Crippen LogP contribution < -0.4 is 0 Å². The van der Waals surface area contributed by atoms with Crippen LogP contribution in [0.5, 0.6) is 0 Å². The largest absolute Gasteiger partial charge is 0.302 e. The molecule has 0 atom stereocenters. The van der Waals surface area contributed by atoms with E-state index in [-0.39, 0.29) is 0 Å². The first-order valence-corrected chi connectivity index (χ1v) is 8.38. The Labute approximate surface area is 126 Å². The second-order valence-electron chi connectivity index (χ2n) is 5.91. The number of halogens is 1. The highest BCUT2D eigenvalue weighted by atomic mass is 35.5. The summed E-state index contributed by atoms with van der Waals surface area (Å²) in [5, 5.41) is 0.795. The van der Waals surface area contributed by atoms with E-state index in [0.29, 0.717) is 0 Å². The molecule has 2 aromatic heterocycles. The van der Waals surface area contributed by atoms with Crippen LogP contribution in [0.4, 0.5) is 0 Å². The van der Waals surface area contributed by atoms with Crippen LogP contribution >= 0.6 is 11.6 Å². The van der Waals surface area contributed by atoms with Crippen LogP contribution in [0.3, 0.4) is 0 Å². The Hall–Kier alpha value is -1.02. The van der Waals surface area contributed by atoms with Gasteiger partial charge in [0.25, 0.3) is 0 Å². The summed E-state index contributed by atoms with van der Waals surface area (Å²) in [7, 11) is 0. The van der Waals surface area contributed by atoms with Crippen molar-refractivity contribution in [3.05, 3.63) is 34.7 Å². The van der Waals surface area contributed by atoms with E-state index >= 15 is 0 Å². The molecule has 0 aliphatic heterocycles. The maximum atomic E-state index is 6.15. The van der Waals surface area contributed by atoms with Crippen molar-refractivity contribution in [2.45, 2.75) is 64.2 Å². The molecule has 0 saturated carbocycles. The predicted octanol–water partition coefficient (Wildman–Crippen LogP) is 5.21. The molecule has 3 heteroatoms. The Balaban J connectivity index is 1.91. The number of aryl methyl sites for hydroxylation is 2. The van der Waals surface area contributed by atoms with Gasteiger partial charge in [-0.05, 0) is 37.8 Å². The van der Waals surface area contributed by atoms with E-state index in [1.165, 1.54) is 62.8 Å². The quantitative estimate of drug-likeness (QED) is 0.651. The van der Waals surface area contributed by atoms with Crippen LogP contribution in [0.25, 0.3) is 5.65 Å². The number of aromatic nitrogens is 2. The number of pyridine rings is 1. The minimum atomic E-state index is 0.795. The summed E-state index contributed by atoms with van der Waals surface area (Å²) < 4.78 is 2.21. The van der Waals surface area contributed by atoms with Gasteiger partial charge < -0.3 is 4.40 Å². The highest BCUT2D eigenvalue weighted by Gasteiger charge is 2.12. The molecule has 0 bridgehead atoms. The number of hydrogen-bond acceptors (Lipinski definition) is 1. The van der Waals surface area contributed by atoms with Gasteiger partial charge in [-0.3, -0.25) is 0 Å². The summed E-state index contributed by atoms with van der Waals surface area (Å²) in [5.74, 6) is 0. The van der Waals surface area contributed by atoms with Crippen LogP contribution in [-0.4, -0.2) is 9.38 Å². The normalized spacial score (nSPS) is 18.2. The van der Waals surface area contributed by atoms with Crippen molar-refractivity contribution in [2.75, 3.05) is 0 Å². The molecule has 0 N–H and O–H groups in total. The van der Waals surface area contributed by atoms with E-state index in [4.69, 9.17) is 16.6 Å². The number of nitrogens with zero attached hydrogens (tertiary/aromatic N) is 2. The molecule has 3 rings (SSSR count). The Morgan fingerprint density at radius 3 is 2.25 bits per heavy atom. The molecule has 0 fully saturated rings. The fraction of sp³-hybridized carbons (Fsp3) is 0.588. The average Bonchev–Trinajstić information content (AvgIpc) is 2.76. The third kappa shape index (κ3) is 3.17. The van der Waals surface area contributed by atoms with Crippen LogP contribution in [0, 0.1) is 0 Å². The minimum absolute atomic E-state index is 0.795. The molecule has 0 unspecified atom stereocenters. The Bertz CT molecular complexity index is 574. The Morgan fingerprint density at radius 2 is 1.50 bits per heavy atom. The third-order valence-electron chi connectivity index (χ3n) is 4.34. The maximum absolute atomic E-state index is 6.15. The van der Waals surface area contributed by atoms with Crippen molar-refractivity contribution in [1.29, 1.82) is 0 Å². The molecular formula is C17H23ClN2. The van der Waals surface area contributed by atoms with Gasteiger partial charge in [-0.2, -0.15) is 0 Å². The molecule has 1 aliphatic rings. The lowest BCUT2D eigenvalue weighted by molar-refractivity contribution is 0.555. The van der Waals surface area contributed by atoms with Crippen molar-refractivity contribution in [1.82, 2.24) is 9.38 Å². The topological polar surface area (TPSA) is 17.3 Å². The summed E-state index contributed by atoms with van der Waals surface area (Å²) in [5.41, 5.74) is 3.74. The van der Waals surface area contributed by atoms with E-state index in [9.17, 15) is 0 Å². The van der Waals surface area contributed by atoms with Crippen molar-refractivity contribution in [3.8, 4) is 0 Å². The summed E-state index contributed by atoms with van der Waals surface area (Å²) >= 11 is 6.15. The molecule has 2 aromatic rings. The zero-order valence-electron chi connectivity index (χ0n) is 12.1. The van der Waals surface area contributed by atoms with E-state index in [1.807, 2.05) is 18.3 Å². The molecule has 0 aromatic carbocycles. The van der Waals surface area contributed by atoms with Gasteiger partial charge in [-0.15, -0.1) is 0 Å². The van der Waals surface area contributed by atoms with Crippen LogP contribution in [0.15, 0.2) is 18.3 Å². The molecular weight excluding hydrogens is 268 g/mol. The zero-order chi connectivity index (χ0) is 13.8. The number of hydrogen-bond donors (Lipinski definition) is 0. The van der Waals surface area contributed by atoms with Crippen LogP contribution in [-0.2, 0) is 12.8 Å². The molecule has 0 amide bonds. The van der Waals surface area contributed by atoms with Crippen LogP contribution in [0.2, 0.25) is 5.02 Å². The molecule has 2 heterocycles. The lowest BCUT2D eigenvalue weighted by Gasteiger charge is -2.08. The first-order valence-electron chi connectivity index (χ1n) is 8.00.